The Bertz CT molecular complexity index is 694. The van der Waals surface area contributed by atoms with Gasteiger partial charge in [-0.15, -0.1) is 0 Å². The lowest BCUT2D eigenvalue weighted by Gasteiger charge is -2.22. The van der Waals surface area contributed by atoms with Gasteiger partial charge in [-0.2, -0.15) is 0 Å². The van der Waals surface area contributed by atoms with Gasteiger partial charge < -0.3 is 15.2 Å². The maximum Gasteiger partial charge on any atom is 0.474 e. The van der Waals surface area contributed by atoms with E-state index in [-0.39, 0.29) is 45.4 Å². The van der Waals surface area contributed by atoms with Gasteiger partial charge in [-0.05, 0) is 19.8 Å². The molecule has 0 rings (SSSR count). The second kappa shape index (κ2) is 31.0. The molecule has 0 amide bonds. The van der Waals surface area contributed by atoms with Crippen LogP contribution in [0.5, 0.6) is 0 Å². The van der Waals surface area contributed by atoms with Gasteiger partial charge in [-0.1, -0.05) is 129 Å². The van der Waals surface area contributed by atoms with Gasteiger partial charge in [0.2, 0.25) is 0 Å². The second-order valence-corrected chi connectivity index (χ2v) is 13.1. The van der Waals surface area contributed by atoms with E-state index >= 15 is 0 Å². The zero-order valence-electron chi connectivity index (χ0n) is 28.0. The summed E-state index contributed by atoms with van der Waals surface area (Å²) in [5.41, 5.74) is 5.46. The van der Waals surface area contributed by atoms with Crippen molar-refractivity contribution in [2.24, 2.45) is 5.73 Å². The van der Waals surface area contributed by atoms with Crippen LogP contribution in [0.4, 0.5) is 0 Å². The molecule has 2 atom stereocenters. The van der Waals surface area contributed by atoms with Gasteiger partial charge in [0.15, 0.2) is 6.10 Å². The highest BCUT2D eigenvalue weighted by Crippen LogP contribution is 2.49. The molecular weight excluding hydrogens is 569 g/mol. The first-order chi connectivity index (χ1) is 20.9. The molecule has 9 nitrogen and oxygen atoms in total. The number of hydrogen-bond acceptors (Lipinski definition) is 9. The number of hydrogen-bond donors (Lipinski definition) is 1. The Kier molecular flexibility index (Phi) is 30.3. The fourth-order valence-corrected chi connectivity index (χ4v) is 5.96. The fraction of sp³-hybridized carbons (Fsp3) is 0.939. The molecule has 0 saturated carbocycles. The molecule has 0 aromatic rings. The number of ether oxygens (including phenoxy) is 2. The molecule has 2 N–H and O–H groups in total. The van der Waals surface area contributed by atoms with Crippen LogP contribution >= 0.6 is 7.82 Å². The van der Waals surface area contributed by atoms with Gasteiger partial charge in [-0.25, -0.2) is 4.57 Å². The molecule has 43 heavy (non-hydrogen) atoms. The van der Waals surface area contributed by atoms with Crippen molar-refractivity contribution in [2.45, 2.75) is 168 Å². The molecule has 0 radical (unpaired) electrons. The molecule has 0 fully saturated rings. The number of phosphoric acid groups is 1. The number of nitrogens with two attached hydrogens (primary N) is 1. The van der Waals surface area contributed by atoms with Crippen LogP contribution in [0.15, 0.2) is 0 Å². The van der Waals surface area contributed by atoms with Gasteiger partial charge in [-0.3, -0.25) is 23.2 Å². The van der Waals surface area contributed by atoms with Crippen LogP contribution < -0.4 is 5.73 Å². The van der Waals surface area contributed by atoms with Crippen LogP contribution in [-0.2, 0) is 37.2 Å². The second-order valence-electron chi connectivity index (χ2n) is 11.4. The summed E-state index contributed by atoms with van der Waals surface area (Å²) in [4.78, 5) is 24.9. The van der Waals surface area contributed by atoms with E-state index in [1.165, 1.54) is 89.9 Å². The van der Waals surface area contributed by atoms with E-state index in [2.05, 4.69) is 13.8 Å². The molecule has 2 unspecified atom stereocenters. The molecule has 10 heteroatoms. The zero-order valence-corrected chi connectivity index (χ0v) is 28.9. The SMILES string of the molecule is CCCCCCCCCCCCC(=O)OCC(COP(=O)(OCC)OCCN)OC(=O)CCCCCCCCCCCC. The minimum atomic E-state index is -3.88. The van der Waals surface area contributed by atoms with Crippen LogP contribution in [0.1, 0.15) is 162 Å². The van der Waals surface area contributed by atoms with Gasteiger partial charge in [0, 0.05) is 19.4 Å². The molecule has 0 bridgehead atoms. The molecule has 0 aromatic carbocycles. The number of unbranched alkanes of at least 4 members (excludes halogenated alkanes) is 18. The minimum Gasteiger partial charge on any atom is -0.462 e. The lowest BCUT2D eigenvalue weighted by atomic mass is 10.1. The van der Waals surface area contributed by atoms with Crippen molar-refractivity contribution in [3.63, 3.8) is 0 Å². The monoisotopic (exact) mass is 635 g/mol. The third-order valence-electron chi connectivity index (χ3n) is 7.27. The maximum atomic E-state index is 12.8. The lowest BCUT2D eigenvalue weighted by Crippen LogP contribution is -2.29. The molecule has 256 valence electrons. The van der Waals surface area contributed by atoms with Crippen molar-refractivity contribution in [3.8, 4) is 0 Å². The van der Waals surface area contributed by atoms with Crippen molar-refractivity contribution in [3.05, 3.63) is 0 Å². The number of phosphoric ester groups is 1. The fourth-order valence-electron chi connectivity index (χ4n) is 4.74. The van der Waals surface area contributed by atoms with E-state index in [4.69, 9.17) is 28.8 Å². The first-order valence-corrected chi connectivity index (χ1v) is 19.0. The number of carbonyl (C=O) groups is 2. The highest BCUT2D eigenvalue weighted by Gasteiger charge is 2.29. The van der Waals surface area contributed by atoms with Crippen LogP contribution in [0.2, 0.25) is 0 Å². The summed E-state index contributed by atoms with van der Waals surface area (Å²) in [5.74, 6) is -0.740. The summed E-state index contributed by atoms with van der Waals surface area (Å²) in [7, 11) is -3.88. The Balaban J connectivity index is 4.49. The van der Waals surface area contributed by atoms with E-state index in [0.717, 1.165) is 38.5 Å². The van der Waals surface area contributed by atoms with Gasteiger partial charge in [0.25, 0.3) is 0 Å². The smallest absolute Gasteiger partial charge is 0.462 e. The highest BCUT2D eigenvalue weighted by atomic mass is 31.2. The van der Waals surface area contributed by atoms with E-state index < -0.39 is 19.9 Å². The normalized spacial score (nSPS) is 13.5. The van der Waals surface area contributed by atoms with E-state index in [0.29, 0.717) is 6.42 Å². The first kappa shape index (κ1) is 42.0. The van der Waals surface area contributed by atoms with E-state index in [1.807, 2.05) is 0 Å². The zero-order chi connectivity index (χ0) is 31.9. The van der Waals surface area contributed by atoms with Crippen molar-refractivity contribution < 1.29 is 37.2 Å². The molecule has 0 spiro atoms. The van der Waals surface area contributed by atoms with E-state index in [9.17, 15) is 14.2 Å². The molecule has 0 heterocycles. The number of rotatable bonds is 33. The predicted octanol–water partition coefficient (Wildman–Crippen LogP) is 9.20. The van der Waals surface area contributed by atoms with Crippen LogP contribution in [0, 0.1) is 0 Å². The number of esters is 2. The summed E-state index contributed by atoms with van der Waals surface area (Å²) in [6.07, 6.45) is 23.2. The number of carbonyl (C=O) groups excluding carboxylic acids is 2. The molecule has 0 aromatic heterocycles. The quantitative estimate of drug-likeness (QED) is 0.0427. The molecular formula is C33H66NO8P. The standard InChI is InChI=1S/C33H66NO8P/c1-4-7-9-11-13-15-17-19-21-23-25-32(35)38-29-31(30-41-43(37,39-6-3)40-28-27-34)42-33(36)26-24-22-20-18-16-14-12-10-8-5-2/h31H,4-30,34H2,1-3H3. The van der Waals surface area contributed by atoms with Gasteiger partial charge >= 0.3 is 19.8 Å². The Morgan fingerprint density at radius 2 is 1.02 bits per heavy atom. The summed E-state index contributed by atoms with van der Waals surface area (Å²) in [6.45, 7) is 5.92. The molecule has 0 aliphatic carbocycles. The first-order valence-electron chi connectivity index (χ1n) is 17.5. The third-order valence-corrected chi connectivity index (χ3v) is 8.81. The summed E-state index contributed by atoms with van der Waals surface area (Å²) >= 11 is 0. The minimum absolute atomic E-state index is 0.00564. The van der Waals surface area contributed by atoms with Gasteiger partial charge in [0.1, 0.15) is 6.61 Å². The van der Waals surface area contributed by atoms with Crippen LogP contribution in [-0.4, -0.2) is 51.0 Å². The largest absolute Gasteiger partial charge is 0.474 e. The van der Waals surface area contributed by atoms with Crippen molar-refractivity contribution in [1.82, 2.24) is 0 Å². The summed E-state index contributed by atoms with van der Waals surface area (Å²) < 4.78 is 39.6. The average Bonchev–Trinajstić information content (AvgIpc) is 2.99. The average molecular weight is 636 g/mol. The molecule has 0 aliphatic rings. The lowest BCUT2D eigenvalue weighted by molar-refractivity contribution is -0.161. The highest BCUT2D eigenvalue weighted by molar-refractivity contribution is 7.48. The van der Waals surface area contributed by atoms with Crippen LogP contribution in [0.3, 0.4) is 0 Å². The topological polar surface area (TPSA) is 123 Å². The third kappa shape index (κ3) is 28.2. The Morgan fingerprint density at radius 1 is 0.581 bits per heavy atom. The Labute approximate surface area is 263 Å². The van der Waals surface area contributed by atoms with Crippen LogP contribution in [0.25, 0.3) is 0 Å². The van der Waals surface area contributed by atoms with Gasteiger partial charge in [0.05, 0.1) is 19.8 Å². The van der Waals surface area contributed by atoms with Crippen molar-refractivity contribution in [2.75, 3.05) is 33.0 Å². The maximum absolute atomic E-state index is 12.8. The molecule has 0 saturated heterocycles. The summed E-state index contributed by atoms with van der Waals surface area (Å²) in [6, 6.07) is 0. The molecule has 0 aliphatic heterocycles. The van der Waals surface area contributed by atoms with Crippen molar-refractivity contribution >= 4 is 19.8 Å². The predicted molar refractivity (Wildman–Crippen MR) is 174 cm³/mol. The van der Waals surface area contributed by atoms with E-state index in [1.54, 1.807) is 6.92 Å². The summed E-state index contributed by atoms with van der Waals surface area (Å²) in [5, 5.41) is 0. The van der Waals surface area contributed by atoms with Crippen molar-refractivity contribution in [1.29, 1.82) is 0 Å². The Hall–Kier alpha value is -0.990. The Morgan fingerprint density at radius 3 is 1.47 bits per heavy atom.